The van der Waals surface area contributed by atoms with E-state index in [1.807, 2.05) is 0 Å². The molecule has 0 fully saturated rings. The van der Waals surface area contributed by atoms with Crippen LogP contribution in [0.4, 0.5) is 0 Å². The minimum atomic E-state index is 0.233. The maximum Gasteiger partial charge on any atom is 0.170 e. The van der Waals surface area contributed by atoms with Gasteiger partial charge in [0.2, 0.25) is 0 Å². The topological polar surface area (TPSA) is 67.1 Å². The van der Waals surface area contributed by atoms with Crippen LogP contribution in [0.1, 0.15) is 19.7 Å². The number of nitrogens with zero attached hydrogens (tertiary/aromatic N) is 5. The van der Waals surface area contributed by atoms with Crippen molar-refractivity contribution in [3.05, 3.63) is 30.1 Å². The number of phenolic OH excluding ortho intramolecular Hbond substituents is 1. The van der Waals surface area contributed by atoms with Gasteiger partial charge in [-0.2, -0.15) is 4.68 Å². The van der Waals surface area contributed by atoms with Crippen molar-refractivity contribution in [3.8, 4) is 11.4 Å². The van der Waals surface area contributed by atoms with E-state index in [0.717, 1.165) is 24.6 Å². The molecule has 18 heavy (non-hydrogen) atoms. The molecule has 0 aliphatic heterocycles. The van der Waals surface area contributed by atoms with Gasteiger partial charge in [0.05, 0.1) is 12.2 Å². The van der Waals surface area contributed by atoms with Crippen molar-refractivity contribution in [1.82, 2.24) is 25.1 Å². The molecule has 1 aromatic heterocycles. The molecule has 0 radical (unpaired) electrons. The van der Waals surface area contributed by atoms with Crippen molar-refractivity contribution in [2.75, 3.05) is 13.1 Å². The van der Waals surface area contributed by atoms with Gasteiger partial charge in [0.1, 0.15) is 5.75 Å². The van der Waals surface area contributed by atoms with Gasteiger partial charge in [0.15, 0.2) is 5.82 Å². The maximum absolute atomic E-state index is 9.28. The molecule has 0 atom stereocenters. The number of rotatable bonds is 5. The standard InChI is InChI=1S/C12H17N5O/c1-3-16(4-2)9-12-13-14-15-17(12)10-5-7-11(18)8-6-10/h5-8,18H,3-4,9H2,1-2H3. The van der Waals surface area contributed by atoms with Crippen molar-refractivity contribution in [2.24, 2.45) is 0 Å². The smallest absolute Gasteiger partial charge is 0.170 e. The fraction of sp³-hybridized carbons (Fsp3) is 0.417. The second-order valence-corrected chi connectivity index (χ2v) is 3.98. The highest BCUT2D eigenvalue weighted by Crippen LogP contribution is 2.14. The Morgan fingerprint density at radius 3 is 2.44 bits per heavy atom. The van der Waals surface area contributed by atoms with Crippen molar-refractivity contribution in [3.63, 3.8) is 0 Å². The van der Waals surface area contributed by atoms with Gasteiger partial charge in [0.25, 0.3) is 0 Å². The molecule has 0 unspecified atom stereocenters. The summed E-state index contributed by atoms with van der Waals surface area (Å²) < 4.78 is 1.69. The molecule has 6 heteroatoms. The number of hydrogen-bond donors (Lipinski definition) is 1. The SMILES string of the molecule is CCN(CC)Cc1nnnn1-c1ccc(O)cc1. The van der Waals surface area contributed by atoms with Crippen LogP contribution < -0.4 is 0 Å². The molecule has 0 saturated heterocycles. The quantitative estimate of drug-likeness (QED) is 0.860. The van der Waals surface area contributed by atoms with E-state index in [1.165, 1.54) is 0 Å². The average Bonchev–Trinajstić information content (AvgIpc) is 2.85. The van der Waals surface area contributed by atoms with Crippen LogP contribution in [0.15, 0.2) is 24.3 Å². The van der Waals surface area contributed by atoms with Gasteiger partial charge in [0, 0.05) is 0 Å². The third-order valence-corrected chi connectivity index (χ3v) is 2.89. The lowest BCUT2D eigenvalue weighted by Gasteiger charge is -2.16. The Balaban J connectivity index is 2.24. The molecular weight excluding hydrogens is 230 g/mol. The normalized spacial score (nSPS) is 11.1. The minimum Gasteiger partial charge on any atom is -0.508 e. The zero-order valence-corrected chi connectivity index (χ0v) is 10.6. The highest BCUT2D eigenvalue weighted by atomic mass is 16.3. The van der Waals surface area contributed by atoms with Crippen molar-refractivity contribution in [1.29, 1.82) is 0 Å². The van der Waals surface area contributed by atoms with Gasteiger partial charge in [-0.25, -0.2) is 0 Å². The van der Waals surface area contributed by atoms with Crippen LogP contribution in [0.25, 0.3) is 5.69 Å². The number of phenols is 1. The highest BCUT2D eigenvalue weighted by molar-refractivity contribution is 5.36. The van der Waals surface area contributed by atoms with E-state index in [1.54, 1.807) is 28.9 Å². The van der Waals surface area contributed by atoms with Crippen LogP contribution in [-0.2, 0) is 6.54 Å². The van der Waals surface area contributed by atoms with E-state index >= 15 is 0 Å². The summed E-state index contributed by atoms with van der Waals surface area (Å²) in [4.78, 5) is 2.24. The minimum absolute atomic E-state index is 0.233. The Labute approximate surface area is 106 Å². The van der Waals surface area contributed by atoms with E-state index in [9.17, 15) is 5.11 Å². The summed E-state index contributed by atoms with van der Waals surface area (Å²) in [7, 11) is 0. The molecule has 1 heterocycles. The Hall–Kier alpha value is -1.95. The van der Waals surface area contributed by atoms with Gasteiger partial charge >= 0.3 is 0 Å². The first-order valence-corrected chi connectivity index (χ1v) is 6.03. The third-order valence-electron chi connectivity index (χ3n) is 2.89. The Bertz CT molecular complexity index is 489. The monoisotopic (exact) mass is 247 g/mol. The van der Waals surface area contributed by atoms with Crippen LogP contribution in [0, 0.1) is 0 Å². The van der Waals surface area contributed by atoms with Crippen LogP contribution in [0.5, 0.6) is 5.75 Å². The van der Waals surface area contributed by atoms with Gasteiger partial charge < -0.3 is 5.11 Å². The maximum atomic E-state index is 9.28. The molecule has 0 bridgehead atoms. The fourth-order valence-electron chi connectivity index (χ4n) is 1.75. The first kappa shape index (κ1) is 12.5. The van der Waals surface area contributed by atoms with Crippen molar-refractivity contribution >= 4 is 0 Å². The summed E-state index contributed by atoms with van der Waals surface area (Å²) in [6.07, 6.45) is 0. The molecule has 1 N–H and O–H groups in total. The molecule has 96 valence electrons. The molecule has 0 spiro atoms. The fourth-order valence-corrected chi connectivity index (χ4v) is 1.75. The second kappa shape index (κ2) is 5.59. The highest BCUT2D eigenvalue weighted by Gasteiger charge is 2.11. The predicted molar refractivity (Wildman–Crippen MR) is 67.4 cm³/mol. The van der Waals surface area contributed by atoms with Gasteiger partial charge in [-0.1, -0.05) is 13.8 Å². The molecule has 0 amide bonds. The Morgan fingerprint density at radius 2 is 1.83 bits per heavy atom. The molecule has 0 aliphatic carbocycles. The number of aromatic hydroxyl groups is 1. The van der Waals surface area contributed by atoms with Crippen molar-refractivity contribution < 1.29 is 5.11 Å². The number of aromatic nitrogens is 4. The van der Waals surface area contributed by atoms with E-state index in [2.05, 4.69) is 34.3 Å². The van der Waals surface area contributed by atoms with E-state index in [0.29, 0.717) is 6.54 Å². The molecule has 6 nitrogen and oxygen atoms in total. The molecular formula is C12H17N5O. The Morgan fingerprint density at radius 1 is 1.17 bits per heavy atom. The summed E-state index contributed by atoms with van der Waals surface area (Å²) in [5, 5.41) is 21.0. The first-order valence-electron chi connectivity index (χ1n) is 6.03. The van der Waals surface area contributed by atoms with Crippen LogP contribution in [0.3, 0.4) is 0 Å². The summed E-state index contributed by atoms with van der Waals surface area (Å²) in [5.74, 6) is 1.03. The van der Waals surface area contributed by atoms with Gasteiger partial charge in [-0.05, 0) is 47.8 Å². The third kappa shape index (κ3) is 2.65. The zero-order valence-electron chi connectivity index (χ0n) is 10.6. The molecule has 0 saturated carbocycles. The first-order chi connectivity index (χ1) is 8.74. The molecule has 1 aromatic carbocycles. The lowest BCUT2D eigenvalue weighted by atomic mass is 10.3. The molecule has 2 rings (SSSR count). The lowest BCUT2D eigenvalue weighted by molar-refractivity contribution is 0.285. The second-order valence-electron chi connectivity index (χ2n) is 3.98. The summed E-state index contributed by atoms with van der Waals surface area (Å²) >= 11 is 0. The van der Waals surface area contributed by atoms with E-state index in [-0.39, 0.29) is 5.75 Å². The van der Waals surface area contributed by atoms with Crippen LogP contribution in [-0.4, -0.2) is 43.3 Å². The zero-order chi connectivity index (χ0) is 13.0. The van der Waals surface area contributed by atoms with Crippen LogP contribution >= 0.6 is 0 Å². The van der Waals surface area contributed by atoms with Crippen LogP contribution in [0.2, 0.25) is 0 Å². The molecule has 2 aromatic rings. The average molecular weight is 247 g/mol. The number of tetrazole rings is 1. The van der Waals surface area contributed by atoms with E-state index < -0.39 is 0 Å². The Kier molecular flexibility index (Phi) is 3.88. The predicted octanol–water partition coefficient (Wildman–Crippen LogP) is 1.21. The van der Waals surface area contributed by atoms with Gasteiger partial charge in [-0.15, -0.1) is 5.10 Å². The number of benzene rings is 1. The number of hydrogen-bond acceptors (Lipinski definition) is 5. The summed E-state index contributed by atoms with van der Waals surface area (Å²) in [5.41, 5.74) is 0.847. The lowest BCUT2D eigenvalue weighted by Crippen LogP contribution is -2.24. The van der Waals surface area contributed by atoms with Crippen molar-refractivity contribution in [2.45, 2.75) is 20.4 Å². The molecule has 0 aliphatic rings. The van der Waals surface area contributed by atoms with E-state index in [4.69, 9.17) is 0 Å². The van der Waals surface area contributed by atoms with Gasteiger partial charge in [-0.3, -0.25) is 4.90 Å². The summed E-state index contributed by atoms with van der Waals surface area (Å²) in [6.45, 7) is 6.84. The summed E-state index contributed by atoms with van der Waals surface area (Å²) in [6, 6.07) is 6.82. The largest absolute Gasteiger partial charge is 0.508 e.